The molecular weight excluding hydrogens is 372 g/mol. The molecule has 3 rings (SSSR count). The van der Waals surface area contributed by atoms with E-state index < -0.39 is 5.69 Å². The average Bonchev–Trinajstić information content (AvgIpc) is 2.95. The Balaban J connectivity index is 2.17. The van der Waals surface area contributed by atoms with Gasteiger partial charge in [-0.1, -0.05) is 41.6 Å². The van der Waals surface area contributed by atoms with Gasteiger partial charge in [-0.2, -0.15) is 0 Å². The van der Waals surface area contributed by atoms with Gasteiger partial charge in [0.2, 0.25) is 0 Å². The lowest BCUT2D eigenvalue weighted by atomic mass is 10.2. The van der Waals surface area contributed by atoms with E-state index >= 15 is 0 Å². The van der Waals surface area contributed by atoms with Gasteiger partial charge in [0.25, 0.3) is 5.56 Å². The quantitative estimate of drug-likeness (QED) is 0.496. The number of imidazole rings is 1. The maximum Gasteiger partial charge on any atom is 0.332 e. The molecule has 0 aliphatic carbocycles. The minimum atomic E-state index is -0.399. The van der Waals surface area contributed by atoms with Gasteiger partial charge < -0.3 is 4.57 Å². The second kappa shape index (κ2) is 7.17. The van der Waals surface area contributed by atoms with Gasteiger partial charge >= 0.3 is 5.69 Å². The zero-order chi connectivity index (χ0) is 19.0. The summed E-state index contributed by atoms with van der Waals surface area (Å²) in [5, 5.41) is 1.41. The highest BCUT2D eigenvalue weighted by molar-refractivity contribution is 7.99. The predicted molar refractivity (Wildman–Crippen MR) is 106 cm³/mol. The van der Waals surface area contributed by atoms with Crippen LogP contribution in [0.3, 0.4) is 0 Å². The van der Waals surface area contributed by atoms with Crippen LogP contribution in [0.1, 0.15) is 12.5 Å². The van der Waals surface area contributed by atoms with E-state index in [9.17, 15) is 9.59 Å². The van der Waals surface area contributed by atoms with Crippen molar-refractivity contribution in [2.45, 2.75) is 23.9 Å². The zero-order valence-corrected chi connectivity index (χ0v) is 16.3. The van der Waals surface area contributed by atoms with Crippen LogP contribution in [-0.2, 0) is 20.6 Å². The monoisotopic (exact) mass is 390 g/mol. The topological polar surface area (TPSA) is 61.8 Å². The number of hydrogen-bond donors (Lipinski definition) is 0. The molecule has 0 spiro atoms. The summed E-state index contributed by atoms with van der Waals surface area (Å²) in [5.41, 5.74) is 0.855. The summed E-state index contributed by atoms with van der Waals surface area (Å²) in [6.45, 7) is 5.94. The molecule has 0 N–H and O–H groups in total. The smallest absolute Gasteiger partial charge is 0.316 e. The Morgan fingerprint density at radius 2 is 1.88 bits per heavy atom. The summed E-state index contributed by atoms with van der Waals surface area (Å²) < 4.78 is 4.37. The van der Waals surface area contributed by atoms with Gasteiger partial charge in [0.15, 0.2) is 16.3 Å². The van der Waals surface area contributed by atoms with Crippen molar-refractivity contribution in [3.63, 3.8) is 0 Å². The van der Waals surface area contributed by atoms with E-state index in [-0.39, 0.29) is 17.4 Å². The number of benzene rings is 1. The fourth-order valence-electron chi connectivity index (χ4n) is 2.66. The van der Waals surface area contributed by atoms with Crippen LogP contribution < -0.4 is 11.2 Å². The van der Waals surface area contributed by atoms with Gasteiger partial charge in [-0.25, -0.2) is 9.78 Å². The van der Waals surface area contributed by atoms with Crippen LogP contribution in [0.5, 0.6) is 0 Å². The lowest BCUT2D eigenvalue weighted by Gasteiger charge is -2.09. The number of thioether (sulfide) groups is 1. The molecule has 6 nitrogen and oxygen atoms in total. The molecule has 0 saturated carbocycles. The third-order valence-electron chi connectivity index (χ3n) is 4.20. The van der Waals surface area contributed by atoms with Crippen molar-refractivity contribution < 1.29 is 0 Å². The normalized spacial score (nSPS) is 12.5. The highest BCUT2D eigenvalue weighted by Crippen LogP contribution is 2.24. The van der Waals surface area contributed by atoms with Crippen LogP contribution in [-0.4, -0.2) is 23.9 Å². The lowest BCUT2D eigenvalue weighted by Crippen LogP contribution is -2.39. The Bertz CT molecular complexity index is 1100. The highest BCUT2D eigenvalue weighted by atomic mass is 35.5. The molecule has 2 aromatic heterocycles. The first-order valence-electron chi connectivity index (χ1n) is 8.03. The van der Waals surface area contributed by atoms with Crippen molar-refractivity contribution in [2.24, 2.45) is 14.1 Å². The first-order valence-corrected chi connectivity index (χ1v) is 9.29. The molecule has 0 fully saturated rings. The zero-order valence-electron chi connectivity index (χ0n) is 14.8. The number of hydrogen-bond acceptors (Lipinski definition) is 4. The number of aryl methyl sites for hydroxylation is 2. The Morgan fingerprint density at radius 1 is 1.23 bits per heavy atom. The van der Waals surface area contributed by atoms with E-state index in [0.717, 1.165) is 5.56 Å². The van der Waals surface area contributed by atoms with Crippen molar-refractivity contribution in [2.75, 3.05) is 0 Å². The third kappa shape index (κ3) is 3.24. The molecule has 26 heavy (non-hydrogen) atoms. The van der Waals surface area contributed by atoms with Crippen LogP contribution in [0, 0.1) is 0 Å². The van der Waals surface area contributed by atoms with Crippen LogP contribution >= 0.6 is 23.4 Å². The third-order valence-corrected chi connectivity index (χ3v) is 5.59. The van der Waals surface area contributed by atoms with E-state index in [4.69, 9.17) is 11.6 Å². The SMILES string of the molecule is C=C[C@H](C)Sc1nc2c(c(=O)n(Cc3ccc(Cl)cc3)c(=O)n2C)n1C. The minimum absolute atomic E-state index is 0.138. The van der Waals surface area contributed by atoms with Crippen molar-refractivity contribution in [1.82, 2.24) is 18.7 Å². The molecule has 0 saturated heterocycles. The van der Waals surface area contributed by atoms with Crippen LogP contribution in [0.4, 0.5) is 0 Å². The summed E-state index contributed by atoms with van der Waals surface area (Å²) in [4.78, 5) is 30.2. The molecule has 0 aliphatic rings. The molecule has 0 amide bonds. The van der Waals surface area contributed by atoms with Gasteiger partial charge in [-0.15, -0.1) is 6.58 Å². The molecule has 2 heterocycles. The maximum atomic E-state index is 13.0. The van der Waals surface area contributed by atoms with E-state index in [1.807, 2.05) is 13.0 Å². The molecule has 1 atom stereocenters. The number of fused-ring (bicyclic) bond motifs is 1. The molecule has 0 unspecified atom stereocenters. The fraction of sp³-hybridized carbons (Fsp3) is 0.278. The van der Waals surface area contributed by atoms with Crippen molar-refractivity contribution in [3.05, 3.63) is 68.3 Å². The Hall–Kier alpha value is -2.25. The van der Waals surface area contributed by atoms with E-state index in [0.29, 0.717) is 21.3 Å². The first-order chi connectivity index (χ1) is 12.3. The highest BCUT2D eigenvalue weighted by Gasteiger charge is 2.19. The number of aromatic nitrogens is 4. The number of nitrogens with zero attached hydrogens (tertiary/aromatic N) is 4. The average molecular weight is 391 g/mol. The van der Waals surface area contributed by atoms with Crippen LogP contribution in [0.15, 0.2) is 51.7 Å². The fourth-order valence-corrected chi connectivity index (χ4v) is 3.60. The number of rotatable bonds is 5. The summed E-state index contributed by atoms with van der Waals surface area (Å²) in [5.74, 6) is 0. The second-order valence-corrected chi connectivity index (χ2v) is 7.82. The largest absolute Gasteiger partial charge is 0.332 e. The van der Waals surface area contributed by atoms with Gasteiger partial charge in [-0.3, -0.25) is 13.9 Å². The Labute approximate surface area is 159 Å². The van der Waals surface area contributed by atoms with Crippen molar-refractivity contribution in [1.29, 1.82) is 0 Å². The number of halogens is 1. The minimum Gasteiger partial charge on any atom is -0.316 e. The van der Waals surface area contributed by atoms with Gasteiger partial charge in [0.1, 0.15) is 0 Å². The van der Waals surface area contributed by atoms with E-state index in [1.165, 1.54) is 20.9 Å². The first kappa shape index (κ1) is 18.5. The van der Waals surface area contributed by atoms with Crippen LogP contribution in [0.2, 0.25) is 5.02 Å². The van der Waals surface area contributed by atoms with Gasteiger partial charge in [0.05, 0.1) is 6.54 Å². The summed E-state index contributed by atoms with van der Waals surface area (Å²) in [6.07, 6.45) is 1.81. The van der Waals surface area contributed by atoms with Crippen molar-refractivity contribution in [3.8, 4) is 0 Å². The second-order valence-electron chi connectivity index (χ2n) is 6.04. The predicted octanol–water partition coefficient (Wildman–Crippen LogP) is 2.80. The molecule has 136 valence electrons. The van der Waals surface area contributed by atoms with E-state index in [1.54, 1.807) is 42.9 Å². The summed E-state index contributed by atoms with van der Waals surface area (Å²) in [6, 6.07) is 7.07. The molecule has 1 aromatic carbocycles. The van der Waals surface area contributed by atoms with Gasteiger partial charge in [0, 0.05) is 24.4 Å². The van der Waals surface area contributed by atoms with Crippen molar-refractivity contribution >= 4 is 34.5 Å². The standard InChI is InChI=1S/C18H19ClN4O2S/c1-5-11(2)26-17-20-15-14(21(17)3)16(24)23(18(25)22(15)4)10-12-6-8-13(19)9-7-12/h5-9,11H,1,10H2,2-4H3/t11-/m0/s1. The maximum absolute atomic E-state index is 13.0. The molecule has 8 heteroatoms. The molecule has 0 aliphatic heterocycles. The molecule has 3 aromatic rings. The molecular formula is C18H19ClN4O2S. The summed E-state index contributed by atoms with van der Waals surface area (Å²) >= 11 is 7.39. The Morgan fingerprint density at radius 3 is 2.50 bits per heavy atom. The molecule has 0 radical (unpaired) electrons. The molecule has 0 bridgehead atoms. The van der Waals surface area contributed by atoms with Gasteiger partial charge in [-0.05, 0) is 24.6 Å². The van der Waals surface area contributed by atoms with E-state index in [2.05, 4.69) is 11.6 Å². The Kier molecular flexibility index (Phi) is 5.11. The summed E-state index contributed by atoms with van der Waals surface area (Å²) in [7, 11) is 3.41. The lowest BCUT2D eigenvalue weighted by molar-refractivity contribution is 0.655. The van der Waals surface area contributed by atoms with Crippen LogP contribution in [0.25, 0.3) is 11.2 Å².